The van der Waals surface area contributed by atoms with E-state index in [2.05, 4.69) is 40.8 Å². The van der Waals surface area contributed by atoms with Crippen LogP contribution in [0.2, 0.25) is 0 Å². The third kappa shape index (κ3) is 3.15. The molecule has 128 valence electrons. The number of aromatic amines is 1. The average molecular weight is 334 g/mol. The van der Waals surface area contributed by atoms with Crippen LogP contribution in [0.3, 0.4) is 0 Å². The van der Waals surface area contributed by atoms with Crippen LogP contribution in [0, 0.1) is 6.92 Å². The Labute approximate surface area is 147 Å². The first-order valence-electron chi connectivity index (χ1n) is 8.65. The van der Waals surface area contributed by atoms with Gasteiger partial charge >= 0.3 is 0 Å². The van der Waals surface area contributed by atoms with Crippen molar-refractivity contribution in [2.24, 2.45) is 0 Å². The number of aromatic nitrogens is 2. The van der Waals surface area contributed by atoms with E-state index in [1.165, 1.54) is 5.56 Å². The van der Waals surface area contributed by atoms with E-state index in [9.17, 15) is 4.79 Å². The molecule has 0 radical (unpaired) electrons. The number of imidazole rings is 1. The zero-order chi connectivity index (χ0) is 17.4. The van der Waals surface area contributed by atoms with Crippen molar-refractivity contribution in [1.82, 2.24) is 14.9 Å². The van der Waals surface area contributed by atoms with Crippen molar-refractivity contribution < 1.29 is 4.79 Å². The average Bonchev–Trinajstić information content (AvgIpc) is 3.00. The van der Waals surface area contributed by atoms with Gasteiger partial charge in [-0.25, -0.2) is 4.98 Å². The lowest BCUT2D eigenvalue weighted by Gasteiger charge is -2.39. The quantitative estimate of drug-likeness (QED) is 0.801. The van der Waals surface area contributed by atoms with Crippen LogP contribution in [0.5, 0.6) is 0 Å². The van der Waals surface area contributed by atoms with Gasteiger partial charge in [0.15, 0.2) is 0 Å². The molecule has 3 aromatic rings. The van der Waals surface area contributed by atoms with E-state index in [1.54, 1.807) is 0 Å². The Morgan fingerprint density at radius 1 is 1.20 bits per heavy atom. The van der Waals surface area contributed by atoms with E-state index in [4.69, 9.17) is 0 Å². The molecule has 0 bridgehead atoms. The summed E-state index contributed by atoms with van der Waals surface area (Å²) in [5, 5.41) is 0. The van der Waals surface area contributed by atoms with Gasteiger partial charge in [-0.15, -0.1) is 0 Å². The van der Waals surface area contributed by atoms with Crippen LogP contribution in [-0.2, 0) is 11.3 Å². The molecule has 25 heavy (non-hydrogen) atoms. The lowest BCUT2D eigenvalue weighted by Crippen LogP contribution is -2.55. The fraction of sp³-hybridized carbons (Fsp3) is 0.300. The highest BCUT2D eigenvalue weighted by Gasteiger charge is 2.30. The van der Waals surface area contributed by atoms with Gasteiger partial charge in [0, 0.05) is 18.3 Å². The fourth-order valence-electron chi connectivity index (χ4n) is 3.43. The molecule has 1 aliphatic rings. The molecule has 5 heteroatoms. The molecule has 2 aromatic carbocycles. The van der Waals surface area contributed by atoms with Gasteiger partial charge in [0.2, 0.25) is 5.91 Å². The number of carbonyl (C=O) groups is 1. The van der Waals surface area contributed by atoms with Crippen LogP contribution in [0.1, 0.15) is 18.3 Å². The number of amides is 1. The first kappa shape index (κ1) is 15.8. The Morgan fingerprint density at radius 2 is 2.04 bits per heavy atom. The SMILES string of the molecule is Cc1cccc(N2C[C@@H](C)N(Cc3nc4ccccc4[nH]3)CC2=O)c1. The number of carbonyl (C=O) groups excluding carboxylic acids is 1. The number of nitrogens with one attached hydrogen (secondary N) is 1. The smallest absolute Gasteiger partial charge is 0.241 e. The van der Waals surface area contributed by atoms with Crippen LogP contribution in [0.15, 0.2) is 48.5 Å². The highest BCUT2D eigenvalue weighted by atomic mass is 16.2. The maximum absolute atomic E-state index is 12.7. The molecular weight excluding hydrogens is 312 g/mol. The molecule has 1 N–H and O–H groups in total. The molecule has 0 unspecified atom stereocenters. The van der Waals surface area contributed by atoms with Crippen molar-refractivity contribution in [3.8, 4) is 0 Å². The first-order chi connectivity index (χ1) is 12.1. The fourth-order valence-corrected chi connectivity index (χ4v) is 3.43. The topological polar surface area (TPSA) is 52.2 Å². The molecule has 1 atom stereocenters. The van der Waals surface area contributed by atoms with E-state index < -0.39 is 0 Å². The van der Waals surface area contributed by atoms with Gasteiger partial charge in [0.1, 0.15) is 5.82 Å². The van der Waals surface area contributed by atoms with Crippen molar-refractivity contribution in [3.63, 3.8) is 0 Å². The molecule has 0 aliphatic carbocycles. The summed E-state index contributed by atoms with van der Waals surface area (Å²) in [5.74, 6) is 1.05. The molecule has 0 saturated carbocycles. The van der Waals surface area contributed by atoms with Crippen LogP contribution in [0.25, 0.3) is 11.0 Å². The summed E-state index contributed by atoms with van der Waals surface area (Å²) < 4.78 is 0. The van der Waals surface area contributed by atoms with Gasteiger partial charge in [-0.3, -0.25) is 9.69 Å². The second kappa shape index (κ2) is 6.33. The lowest BCUT2D eigenvalue weighted by molar-refractivity contribution is -0.122. The number of anilines is 1. The summed E-state index contributed by atoms with van der Waals surface area (Å²) in [7, 11) is 0. The number of piperazine rings is 1. The molecule has 4 rings (SSSR count). The lowest BCUT2D eigenvalue weighted by atomic mass is 10.1. The van der Waals surface area contributed by atoms with Gasteiger partial charge in [0.25, 0.3) is 0 Å². The summed E-state index contributed by atoms with van der Waals surface area (Å²) in [5.41, 5.74) is 4.16. The van der Waals surface area contributed by atoms with E-state index in [-0.39, 0.29) is 11.9 Å². The molecule has 1 aromatic heterocycles. The van der Waals surface area contributed by atoms with Crippen molar-refractivity contribution in [1.29, 1.82) is 0 Å². The number of para-hydroxylation sites is 2. The summed E-state index contributed by atoms with van der Waals surface area (Å²) in [6, 6.07) is 16.4. The molecular formula is C20H22N4O. The Hall–Kier alpha value is -2.66. The number of rotatable bonds is 3. The molecule has 5 nitrogen and oxygen atoms in total. The van der Waals surface area contributed by atoms with Gasteiger partial charge in [-0.05, 0) is 43.7 Å². The van der Waals surface area contributed by atoms with Gasteiger partial charge in [-0.2, -0.15) is 0 Å². The largest absolute Gasteiger partial charge is 0.341 e. The maximum atomic E-state index is 12.7. The maximum Gasteiger partial charge on any atom is 0.241 e. The minimum Gasteiger partial charge on any atom is -0.341 e. The Bertz CT molecular complexity index is 884. The predicted octanol–water partition coefficient (Wildman–Crippen LogP) is 3.11. The van der Waals surface area contributed by atoms with Crippen LogP contribution >= 0.6 is 0 Å². The Morgan fingerprint density at radius 3 is 2.84 bits per heavy atom. The monoisotopic (exact) mass is 334 g/mol. The van der Waals surface area contributed by atoms with E-state index in [1.807, 2.05) is 41.3 Å². The van der Waals surface area contributed by atoms with Gasteiger partial charge in [-0.1, -0.05) is 24.3 Å². The molecule has 1 saturated heterocycles. The Kier molecular flexibility index (Phi) is 4.01. The first-order valence-corrected chi connectivity index (χ1v) is 8.65. The molecule has 0 spiro atoms. The summed E-state index contributed by atoms with van der Waals surface area (Å²) in [4.78, 5) is 24.7. The zero-order valence-corrected chi connectivity index (χ0v) is 14.6. The summed E-state index contributed by atoms with van der Waals surface area (Å²) in [6.07, 6.45) is 0. The third-order valence-corrected chi connectivity index (χ3v) is 4.81. The minimum atomic E-state index is 0.139. The summed E-state index contributed by atoms with van der Waals surface area (Å²) in [6.45, 7) is 5.98. The van der Waals surface area contributed by atoms with Crippen molar-refractivity contribution in [2.45, 2.75) is 26.4 Å². The number of hydrogen-bond donors (Lipinski definition) is 1. The van der Waals surface area contributed by atoms with Crippen LogP contribution in [-0.4, -0.2) is 39.9 Å². The standard InChI is InChI=1S/C20H22N4O/c1-14-6-5-7-16(10-14)24-11-15(2)23(13-20(24)25)12-19-21-17-8-3-4-9-18(17)22-19/h3-10,15H,11-13H2,1-2H3,(H,21,22)/t15-/m1/s1. The molecule has 1 amide bonds. The number of hydrogen-bond acceptors (Lipinski definition) is 3. The van der Waals surface area contributed by atoms with E-state index >= 15 is 0 Å². The number of benzene rings is 2. The number of aryl methyl sites for hydroxylation is 1. The zero-order valence-electron chi connectivity index (χ0n) is 14.6. The molecule has 2 heterocycles. The third-order valence-electron chi connectivity index (χ3n) is 4.81. The molecule has 1 fully saturated rings. The molecule has 1 aliphatic heterocycles. The van der Waals surface area contributed by atoms with Crippen molar-refractivity contribution in [3.05, 3.63) is 59.9 Å². The van der Waals surface area contributed by atoms with Crippen LogP contribution < -0.4 is 4.90 Å². The van der Waals surface area contributed by atoms with Crippen LogP contribution in [0.4, 0.5) is 5.69 Å². The van der Waals surface area contributed by atoms with Crippen molar-refractivity contribution in [2.75, 3.05) is 18.0 Å². The second-order valence-electron chi connectivity index (χ2n) is 6.80. The van der Waals surface area contributed by atoms with Gasteiger partial charge < -0.3 is 9.88 Å². The number of nitrogens with zero attached hydrogens (tertiary/aromatic N) is 3. The predicted molar refractivity (Wildman–Crippen MR) is 99.5 cm³/mol. The number of fused-ring (bicyclic) bond motifs is 1. The Balaban J connectivity index is 1.51. The van der Waals surface area contributed by atoms with E-state index in [0.29, 0.717) is 19.6 Å². The second-order valence-corrected chi connectivity index (χ2v) is 6.80. The van der Waals surface area contributed by atoms with Gasteiger partial charge in [0.05, 0.1) is 24.1 Å². The van der Waals surface area contributed by atoms with E-state index in [0.717, 1.165) is 22.5 Å². The highest BCUT2D eigenvalue weighted by molar-refractivity contribution is 5.95. The minimum absolute atomic E-state index is 0.139. The normalized spacial score (nSPS) is 18.9. The summed E-state index contributed by atoms with van der Waals surface area (Å²) >= 11 is 0. The van der Waals surface area contributed by atoms with Crippen molar-refractivity contribution >= 4 is 22.6 Å². The highest BCUT2D eigenvalue weighted by Crippen LogP contribution is 2.22. The number of H-pyrrole nitrogens is 1.